The van der Waals surface area contributed by atoms with Gasteiger partial charge in [-0.3, -0.25) is 9.59 Å². The molecule has 3 rings (SSSR count). The summed E-state index contributed by atoms with van der Waals surface area (Å²) in [4.78, 5) is 28.3. The fourth-order valence-electron chi connectivity index (χ4n) is 2.07. The summed E-state index contributed by atoms with van der Waals surface area (Å²) in [5.41, 5.74) is 1.34. The van der Waals surface area contributed by atoms with Gasteiger partial charge in [0.2, 0.25) is 12.7 Å². The number of hydrogen-bond donors (Lipinski definition) is 2. The molecule has 0 bridgehead atoms. The van der Waals surface area contributed by atoms with Crippen LogP contribution in [0.3, 0.4) is 0 Å². The van der Waals surface area contributed by atoms with Gasteiger partial charge in [-0.2, -0.15) is 0 Å². The smallest absolute Gasteiger partial charge is 0.251 e. The number of aromatic nitrogens is 1. The molecule has 1 aromatic carbocycles. The third-order valence-corrected chi connectivity index (χ3v) is 4.18. The summed E-state index contributed by atoms with van der Waals surface area (Å²) in [5, 5.41) is 7.68. The van der Waals surface area contributed by atoms with Crippen LogP contribution in [0.5, 0.6) is 11.5 Å². The fourth-order valence-corrected chi connectivity index (χ4v) is 2.96. The Morgan fingerprint density at radius 3 is 2.83 bits per heavy atom. The van der Waals surface area contributed by atoms with Crippen molar-refractivity contribution in [2.24, 2.45) is 0 Å². The maximum Gasteiger partial charge on any atom is 0.251 e. The fraction of sp³-hybridized carbons (Fsp3) is 0.312. The zero-order valence-corrected chi connectivity index (χ0v) is 14.1. The number of thiazole rings is 1. The number of ether oxygens (including phenoxy) is 2. The molecule has 0 saturated heterocycles. The molecule has 7 nitrogen and oxygen atoms in total. The number of nitrogens with one attached hydrogen (secondary N) is 2. The van der Waals surface area contributed by atoms with Gasteiger partial charge in [0.1, 0.15) is 0 Å². The lowest BCUT2D eigenvalue weighted by molar-refractivity contribution is -0.115. The molecule has 0 fully saturated rings. The third-order valence-electron chi connectivity index (χ3n) is 3.40. The molecule has 0 spiro atoms. The largest absolute Gasteiger partial charge is 0.454 e. The molecule has 2 amide bonds. The van der Waals surface area contributed by atoms with Gasteiger partial charge in [0.25, 0.3) is 5.91 Å². The van der Waals surface area contributed by atoms with Crippen molar-refractivity contribution >= 4 is 28.3 Å². The summed E-state index contributed by atoms with van der Waals surface area (Å²) in [5.74, 6) is 0.752. The van der Waals surface area contributed by atoms with Crippen LogP contribution in [0, 0.1) is 0 Å². The highest BCUT2D eigenvalue weighted by Gasteiger charge is 2.17. The summed E-state index contributed by atoms with van der Waals surface area (Å²) >= 11 is 1.36. The van der Waals surface area contributed by atoms with Crippen LogP contribution in [-0.4, -0.2) is 30.1 Å². The monoisotopic (exact) mass is 347 g/mol. The van der Waals surface area contributed by atoms with Gasteiger partial charge >= 0.3 is 0 Å². The van der Waals surface area contributed by atoms with E-state index in [0.29, 0.717) is 28.1 Å². The summed E-state index contributed by atoms with van der Waals surface area (Å²) < 4.78 is 10.4. The minimum atomic E-state index is -0.356. The van der Waals surface area contributed by atoms with Crippen molar-refractivity contribution in [3.63, 3.8) is 0 Å². The molecule has 0 unspecified atom stereocenters. The average molecular weight is 347 g/mol. The summed E-state index contributed by atoms with van der Waals surface area (Å²) in [6.45, 7) is 4.08. The molecule has 0 atom stereocenters. The SMILES string of the molecule is CC(C)c1csc(NC(=O)CNC(=O)c2ccc3c(c2)OCO3)n1. The molecule has 2 heterocycles. The van der Waals surface area contributed by atoms with E-state index >= 15 is 0 Å². The first kappa shape index (κ1) is 16.3. The quantitative estimate of drug-likeness (QED) is 0.867. The van der Waals surface area contributed by atoms with Gasteiger partial charge in [-0.15, -0.1) is 11.3 Å². The van der Waals surface area contributed by atoms with Crippen LogP contribution >= 0.6 is 11.3 Å². The molecule has 1 aliphatic heterocycles. The number of anilines is 1. The number of carbonyl (C=O) groups excluding carboxylic acids is 2. The third kappa shape index (κ3) is 3.65. The molecule has 126 valence electrons. The van der Waals surface area contributed by atoms with E-state index in [-0.39, 0.29) is 25.2 Å². The van der Waals surface area contributed by atoms with Crippen LogP contribution in [0.2, 0.25) is 0 Å². The highest BCUT2D eigenvalue weighted by atomic mass is 32.1. The van der Waals surface area contributed by atoms with Gasteiger partial charge in [-0.25, -0.2) is 4.98 Å². The number of nitrogens with zero attached hydrogens (tertiary/aromatic N) is 1. The van der Waals surface area contributed by atoms with E-state index in [1.165, 1.54) is 11.3 Å². The summed E-state index contributed by atoms with van der Waals surface area (Å²) in [6, 6.07) is 4.88. The standard InChI is InChI=1S/C16H17N3O4S/c1-9(2)11-7-24-16(18-11)19-14(20)6-17-15(21)10-3-4-12-13(5-10)23-8-22-12/h3-5,7,9H,6,8H2,1-2H3,(H,17,21)(H,18,19,20). The van der Waals surface area contributed by atoms with Crippen LogP contribution in [0.15, 0.2) is 23.6 Å². The lowest BCUT2D eigenvalue weighted by Gasteiger charge is -2.06. The van der Waals surface area contributed by atoms with Gasteiger partial charge in [0, 0.05) is 10.9 Å². The Morgan fingerprint density at radius 1 is 1.29 bits per heavy atom. The van der Waals surface area contributed by atoms with Crippen molar-refractivity contribution in [1.29, 1.82) is 0 Å². The second-order valence-electron chi connectivity index (χ2n) is 5.53. The summed E-state index contributed by atoms with van der Waals surface area (Å²) in [7, 11) is 0. The van der Waals surface area contributed by atoms with Crippen molar-refractivity contribution in [3.05, 3.63) is 34.8 Å². The van der Waals surface area contributed by atoms with E-state index in [0.717, 1.165) is 5.69 Å². The zero-order valence-electron chi connectivity index (χ0n) is 13.3. The van der Waals surface area contributed by atoms with E-state index < -0.39 is 0 Å². The number of hydrogen-bond acceptors (Lipinski definition) is 6. The molecular weight excluding hydrogens is 330 g/mol. The van der Waals surface area contributed by atoms with Crippen molar-refractivity contribution < 1.29 is 19.1 Å². The van der Waals surface area contributed by atoms with E-state index in [9.17, 15) is 9.59 Å². The van der Waals surface area contributed by atoms with E-state index in [2.05, 4.69) is 15.6 Å². The zero-order chi connectivity index (χ0) is 17.1. The Morgan fingerprint density at radius 2 is 2.08 bits per heavy atom. The number of carbonyl (C=O) groups is 2. The number of fused-ring (bicyclic) bond motifs is 1. The first-order valence-electron chi connectivity index (χ1n) is 7.46. The van der Waals surface area contributed by atoms with Crippen LogP contribution in [0.25, 0.3) is 0 Å². The molecular formula is C16H17N3O4S. The maximum absolute atomic E-state index is 12.1. The predicted molar refractivity (Wildman–Crippen MR) is 89.7 cm³/mol. The maximum atomic E-state index is 12.1. The van der Waals surface area contributed by atoms with Gasteiger partial charge in [0.15, 0.2) is 16.6 Å². The Hall–Kier alpha value is -2.61. The number of rotatable bonds is 5. The van der Waals surface area contributed by atoms with Crippen molar-refractivity contribution in [3.8, 4) is 11.5 Å². The van der Waals surface area contributed by atoms with Crippen molar-refractivity contribution in [1.82, 2.24) is 10.3 Å². The second-order valence-corrected chi connectivity index (χ2v) is 6.39. The topological polar surface area (TPSA) is 89.6 Å². The highest BCUT2D eigenvalue weighted by molar-refractivity contribution is 7.13. The van der Waals surface area contributed by atoms with Crippen LogP contribution in [0.4, 0.5) is 5.13 Å². The van der Waals surface area contributed by atoms with Crippen molar-refractivity contribution in [2.75, 3.05) is 18.7 Å². The molecule has 2 aromatic rings. The highest BCUT2D eigenvalue weighted by Crippen LogP contribution is 2.32. The van der Waals surface area contributed by atoms with Gasteiger partial charge < -0.3 is 20.1 Å². The van der Waals surface area contributed by atoms with Gasteiger partial charge in [0.05, 0.1) is 12.2 Å². The van der Waals surface area contributed by atoms with Crippen molar-refractivity contribution in [2.45, 2.75) is 19.8 Å². The average Bonchev–Trinajstić information content (AvgIpc) is 3.20. The molecule has 0 aliphatic carbocycles. The van der Waals surface area contributed by atoms with Gasteiger partial charge in [-0.05, 0) is 24.1 Å². The van der Waals surface area contributed by atoms with Gasteiger partial charge in [-0.1, -0.05) is 13.8 Å². The molecule has 1 aromatic heterocycles. The van der Waals surface area contributed by atoms with Crippen LogP contribution < -0.4 is 20.1 Å². The Bertz CT molecular complexity index is 772. The van der Waals surface area contributed by atoms with E-state index in [4.69, 9.17) is 9.47 Å². The second kappa shape index (κ2) is 6.88. The Labute approximate surface area is 143 Å². The lowest BCUT2D eigenvalue weighted by Crippen LogP contribution is -2.32. The lowest BCUT2D eigenvalue weighted by atomic mass is 10.2. The van der Waals surface area contributed by atoms with E-state index in [1.807, 2.05) is 19.2 Å². The first-order chi connectivity index (χ1) is 11.5. The minimum Gasteiger partial charge on any atom is -0.454 e. The first-order valence-corrected chi connectivity index (χ1v) is 8.34. The molecule has 2 N–H and O–H groups in total. The molecule has 24 heavy (non-hydrogen) atoms. The molecule has 8 heteroatoms. The predicted octanol–water partition coefficient (Wildman–Crippen LogP) is 2.36. The molecule has 0 saturated carbocycles. The number of amides is 2. The van der Waals surface area contributed by atoms with Crippen LogP contribution in [-0.2, 0) is 4.79 Å². The van der Waals surface area contributed by atoms with Crippen LogP contribution in [0.1, 0.15) is 35.8 Å². The van der Waals surface area contributed by atoms with E-state index in [1.54, 1.807) is 18.2 Å². The number of benzene rings is 1. The normalized spacial score (nSPS) is 12.3. The Balaban J connectivity index is 1.53. The summed E-state index contributed by atoms with van der Waals surface area (Å²) in [6.07, 6.45) is 0. The molecule has 0 radical (unpaired) electrons. The molecule has 1 aliphatic rings. The minimum absolute atomic E-state index is 0.135. The Kier molecular flexibility index (Phi) is 4.66.